The molecular formula is C16H18FNO2. The van der Waals surface area contributed by atoms with E-state index in [0.29, 0.717) is 18.9 Å². The molecule has 2 N–H and O–H groups in total. The van der Waals surface area contributed by atoms with Crippen LogP contribution in [-0.4, -0.2) is 7.11 Å². The second kappa shape index (κ2) is 6.39. The fourth-order valence-electron chi connectivity index (χ4n) is 1.93. The van der Waals surface area contributed by atoms with Gasteiger partial charge in [0.15, 0.2) is 0 Å². The van der Waals surface area contributed by atoms with Crippen LogP contribution in [-0.2, 0) is 13.2 Å². The molecule has 0 saturated carbocycles. The molecule has 0 fully saturated rings. The van der Waals surface area contributed by atoms with E-state index in [0.717, 1.165) is 22.4 Å². The van der Waals surface area contributed by atoms with Crippen molar-refractivity contribution in [2.24, 2.45) is 5.73 Å². The zero-order valence-corrected chi connectivity index (χ0v) is 11.7. The average Bonchev–Trinajstić information content (AvgIpc) is 2.48. The summed E-state index contributed by atoms with van der Waals surface area (Å²) in [5.41, 5.74) is 8.38. The van der Waals surface area contributed by atoms with Crippen molar-refractivity contribution in [3.8, 4) is 11.5 Å². The molecule has 0 heterocycles. The fourth-order valence-corrected chi connectivity index (χ4v) is 1.93. The van der Waals surface area contributed by atoms with E-state index in [9.17, 15) is 4.39 Å². The second-order valence-electron chi connectivity index (χ2n) is 4.54. The number of ether oxygens (including phenoxy) is 2. The molecule has 3 nitrogen and oxygen atoms in total. The Morgan fingerprint density at radius 1 is 1.10 bits per heavy atom. The van der Waals surface area contributed by atoms with Crippen molar-refractivity contribution in [1.29, 1.82) is 0 Å². The number of hydrogen-bond acceptors (Lipinski definition) is 3. The fraction of sp³-hybridized carbons (Fsp3) is 0.250. The first kappa shape index (κ1) is 14.3. The van der Waals surface area contributed by atoms with Gasteiger partial charge < -0.3 is 15.2 Å². The summed E-state index contributed by atoms with van der Waals surface area (Å²) in [5.74, 6) is 1.17. The molecule has 4 heteroatoms. The third-order valence-corrected chi connectivity index (χ3v) is 3.18. The van der Waals surface area contributed by atoms with E-state index >= 15 is 0 Å². The highest BCUT2D eigenvalue weighted by molar-refractivity contribution is 5.40. The van der Waals surface area contributed by atoms with Gasteiger partial charge in [0.05, 0.1) is 7.11 Å². The number of benzene rings is 2. The van der Waals surface area contributed by atoms with Gasteiger partial charge in [-0.15, -0.1) is 0 Å². The molecule has 2 aromatic carbocycles. The van der Waals surface area contributed by atoms with Gasteiger partial charge in [0.2, 0.25) is 0 Å². The highest BCUT2D eigenvalue weighted by Crippen LogP contribution is 2.25. The molecule has 0 aliphatic carbocycles. The van der Waals surface area contributed by atoms with Crippen molar-refractivity contribution >= 4 is 0 Å². The first-order valence-electron chi connectivity index (χ1n) is 6.39. The third-order valence-electron chi connectivity index (χ3n) is 3.18. The molecule has 0 unspecified atom stereocenters. The Labute approximate surface area is 118 Å². The molecule has 2 rings (SSSR count). The minimum Gasteiger partial charge on any atom is -0.497 e. The van der Waals surface area contributed by atoms with E-state index in [1.807, 2.05) is 25.1 Å². The summed E-state index contributed by atoms with van der Waals surface area (Å²) < 4.78 is 24.1. The second-order valence-corrected chi connectivity index (χ2v) is 4.54. The first-order chi connectivity index (χ1) is 9.63. The van der Waals surface area contributed by atoms with E-state index < -0.39 is 0 Å². The highest BCUT2D eigenvalue weighted by Gasteiger charge is 2.06. The third kappa shape index (κ3) is 3.27. The number of aryl methyl sites for hydroxylation is 1. The summed E-state index contributed by atoms with van der Waals surface area (Å²) in [7, 11) is 1.60. The van der Waals surface area contributed by atoms with Crippen molar-refractivity contribution in [3.63, 3.8) is 0 Å². The Hall–Kier alpha value is -2.07. The van der Waals surface area contributed by atoms with Gasteiger partial charge >= 0.3 is 0 Å². The normalized spacial score (nSPS) is 10.4. The smallest absolute Gasteiger partial charge is 0.124 e. The molecule has 0 amide bonds. The van der Waals surface area contributed by atoms with Crippen LogP contribution in [0.15, 0.2) is 36.4 Å². The number of halogens is 1. The lowest BCUT2D eigenvalue weighted by Gasteiger charge is -2.13. The molecule has 0 bridgehead atoms. The molecule has 20 heavy (non-hydrogen) atoms. The highest BCUT2D eigenvalue weighted by atomic mass is 19.1. The van der Waals surface area contributed by atoms with Crippen LogP contribution in [0.2, 0.25) is 0 Å². The summed E-state index contributed by atoms with van der Waals surface area (Å²) in [6, 6.07) is 10.1. The van der Waals surface area contributed by atoms with Crippen LogP contribution < -0.4 is 15.2 Å². The molecule has 0 atom stereocenters. The van der Waals surface area contributed by atoms with E-state index in [1.54, 1.807) is 13.2 Å². The number of nitrogens with two attached hydrogens (primary N) is 1. The molecule has 2 aromatic rings. The van der Waals surface area contributed by atoms with E-state index in [1.165, 1.54) is 12.1 Å². The molecule has 0 spiro atoms. The Morgan fingerprint density at radius 3 is 2.60 bits per heavy atom. The van der Waals surface area contributed by atoms with Crippen LogP contribution in [0.25, 0.3) is 0 Å². The van der Waals surface area contributed by atoms with Crippen LogP contribution >= 0.6 is 0 Å². The van der Waals surface area contributed by atoms with Gasteiger partial charge in [0.25, 0.3) is 0 Å². The average molecular weight is 275 g/mol. The van der Waals surface area contributed by atoms with Crippen molar-refractivity contribution in [2.45, 2.75) is 20.1 Å². The maximum Gasteiger partial charge on any atom is 0.124 e. The quantitative estimate of drug-likeness (QED) is 0.911. The molecule has 0 aliphatic heterocycles. The van der Waals surface area contributed by atoms with Gasteiger partial charge in [0, 0.05) is 12.1 Å². The Bertz CT molecular complexity index is 599. The zero-order chi connectivity index (χ0) is 14.5. The predicted octanol–water partition coefficient (Wildman–Crippen LogP) is 3.18. The lowest BCUT2D eigenvalue weighted by atomic mass is 10.1. The van der Waals surface area contributed by atoms with Crippen LogP contribution in [0.4, 0.5) is 4.39 Å². The molecule has 0 radical (unpaired) electrons. The summed E-state index contributed by atoms with van der Waals surface area (Å²) in [5, 5.41) is 0. The molecule has 0 aliphatic rings. The van der Waals surface area contributed by atoms with Gasteiger partial charge in [0.1, 0.15) is 23.9 Å². The topological polar surface area (TPSA) is 44.5 Å². The SMILES string of the molecule is COc1ccc(OCc2cc(F)ccc2C)c(CN)c1. The van der Waals surface area contributed by atoms with Crippen molar-refractivity contribution in [1.82, 2.24) is 0 Å². The zero-order valence-electron chi connectivity index (χ0n) is 11.7. The minimum atomic E-state index is -0.261. The summed E-state index contributed by atoms with van der Waals surface area (Å²) in [6.07, 6.45) is 0. The number of rotatable bonds is 5. The van der Waals surface area contributed by atoms with Crippen LogP contribution in [0.3, 0.4) is 0 Å². The van der Waals surface area contributed by atoms with Gasteiger partial charge in [-0.25, -0.2) is 4.39 Å². The summed E-state index contributed by atoms with van der Waals surface area (Å²) in [4.78, 5) is 0. The van der Waals surface area contributed by atoms with E-state index in [4.69, 9.17) is 15.2 Å². The van der Waals surface area contributed by atoms with Crippen molar-refractivity contribution in [3.05, 3.63) is 58.9 Å². The maximum atomic E-state index is 13.2. The Kier molecular flexibility index (Phi) is 4.58. The van der Waals surface area contributed by atoms with Crippen LogP contribution in [0.5, 0.6) is 11.5 Å². The van der Waals surface area contributed by atoms with Crippen molar-refractivity contribution < 1.29 is 13.9 Å². The van der Waals surface area contributed by atoms with Gasteiger partial charge in [-0.1, -0.05) is 6.07 Å². The first-order valence-corrected chi connectivity index (χ1v) is 6.39. The lowest BCUT2D eigenvalue weighted by Crippen LogP contribution is -2.04. The Balaban J connectivity index is 2.16. The number of hydrogen-bond donors (Lipinski definition) is 1. The van der Waals surface area contributed by atoms with Gasteiger partial charge in [-0.3, -0.25) is 0 Å². The van der Waals surface area contributed by atoms with Crippen molar-refractivity contribution in [2.75, 3.05) is 7.11 Å². The van der Waals surface area contributed by atoms with Gasteiger partial charge in [-0.2, -0.15) is 0 Å². The molecule has 106 valence electrons. The van der Waals surface area contributed by atoms with E-state index in [-0.39, 0.29) is 5.82 Å². The number of methoxy groups -OCH3 is 1. The van der Waals surface area contributed by atoms with E-state index in [2.05, 4.69) is 0 Å². The molecule has 0 aromatic heterocycles. The summed E-state index contributed by atoms with van der Waals surface area (Å²) in [6.45, 7) is 2.59. The Morgan fingerprint density at radius 2 is 1.90 bits per heavy atom. The molecular weight excluding hydrogens is 257 g/mol. The standard InChI is InChI=1S/C16H18FNO2/c1-11-3-4-14(17)7-13(11)10-20-16-6-5-15(19-2)8-12(16)9-18/h3-8H,9-10,18H2,1-2H3. The largest absolute Gasteiger partial charge is 0.497 e. The minimum absolute atomic E-state index is 0.261. The predicted molar refractivity (Wildman–Crippen MR) is 76.4 cm³/mol. The van der Waals surface area contributed by atoms with Crippen LogP contribution in [0, 0.1) is 12.7 Å². The van der Waals surface area contributed by atoms with Crippen LogP contribution in [0.1, 0.15) is 16.7 Å². The monoisotopic (exact) mass is 275 g/mol. The molecule has 0 saturated heterocycles. The maximum absolute atomic E-state index is 13.2. The van der Waals surface area contributed by atoms with Gasteiger partial charge in [-0.05, 0) is 48.4 Å². The summed E-state index contributed by atoms with van der Waals surface area (Å²) >= 11 is 0. The lowest BCUT2D eigenvalue weighted by molar-refractivity contribution is 0.300.